The zero-order valence-electron chi connectivity index (χ0n) is 12.7. The molecule has 0 saturated carbocycles. The lowest BCUT2D eigenvalue weighted by Crippen LogP contribution is -2.11. The van der Waals surface area contributed by atoms with E-state index < -0.39 is 0 Å². The van der Waals surface area contributed by atoms with Gasteiger partial charge in [0.15, 0.2) is 11.5 Å². The summed E-state index contributed by atoms with van der Waals surface area (Å²) < 4.78 is 10.7. The van der Waals surface area contributed by atoms with Gasteiger partial charge >= 0.3 is 0 Å². The van der Waals surface area contributed by atoms with E-state index in [2.05, 4.69) is 17.4 Å². The summed E-state index contributed by atoms with van der Waals surface area (Å²) in [5, 5.41) is 2.68. The lowest BCUT2D eigenvalue weighted by molar-refractivity contribution is -0.109. The zero-order chi connectivity index (χ0) is 14.8. The molecule has 0 saturated heterocycles. The fraction of sp³-hybridized carbons (Fsp3) is 0.562. The topological polar surface area (TPSA) is 47.6 Å². The first-order valence-corrected chi connectivity index (χ1v) is 7.11. The van der Waals surface area contributed by atoms with Gasteiger partial charge in [-0.05, 0) is 43.4 Å². The maximum Gasteiger partial charge on any atom is 0.207 e. The first-order valence-electron chi connectivity index (χ1n) is 7.11. The van der Waals surface area contributed by atoms with Gasteiger partial charge in [0.05, 0.1) is 14.2 Å². The molecule has 0 spiro atoms. The molecule has 0 bridgehead atoms. The summed E-state index contributed by atoms with van der Waals surface area (Å²) in [5.41, 5.74) is 2.39. The summed E-state index contributed by atoms with van der Waals surface area (Å²) in [6.45, 7) is 2.81. The highest BCUT2D eigenvalue weighted by atomic mass is 16.5. The van der Waals surface area contributed by atoms with Crippen LogP contribution in [0.5, 0.6) is 11.5 Å². The predicted octanol–water partition coefficient (Wildman–Crippen LogP) is 2.86. The summed E-state index contributed by atoms with van der Waals surface area (Å²) in [5.74, 6) is 1.62. The van der Waals surface area contributed by atoms with Gasteiger partial charge < -0.3 is 14.8 Å². The molecule has 0 fully saturated rings. The van der Waals surface area contributed by atoms with Crippen molar-refractivity contribution in [2.75, 3.05) is 20.8 Å². The Balaban J connectivity index is 2.40. The van der Waals surface area contributed by atoms with Crippen molar-refractivity contribution in [1.82, 2.24) is 5.32 Å². The normalized spacial score (nSPS) is 10.2. The van der Waals surface area contributed by atoms with Gasteiger partial charge in [0.25, 0.3) is 0 Å². The van der Waals surface area contributed by atoms with E-state index in [4.69, 9.17) is 9.47 Å². The van der Waals surface area contributed by atoms with Crippen LogP contribution in [0.15, 0.2) is 12.1 Å². The van der Waals surface area contributed by atoms with Gasteiger partial charge in [-0.3, -0.25) is 4.79 Å². The Hall–Kier alpha value is -1.71. The van der Waals surface area contributed by atoms with Crippen molar-refractivity contribution in [1.29, 1.82) is 0 Å². The number of unbranched alkanes of at least 4 members (excludes halogenated alkanes) is 3. The number of hydrogen-bond donors (Lipinski definition) is 1. The third-order valence-corrected chi connectivity index (χ3v) is 3.34. The number of carbonyl (C=O) groups is 1. The minimum atomic E-state index is 0.756. The summed E-state index contributed by atoms with van der Waals surface area (Å²) in [6.07, 6.45) is 6.31. The number of aryl methyl sites for hydroxylation is 2. The summed E-state index contributed by atoms with van der Waals surface area (Å²) >= 11 is 0. The van der Waals surface area contributed by atoms with Crippen molar-refractivity contribution in [2.24, 2.45) is 0 Å². The molecule has 4 nitrogen and oxygen atoms in total. The number of carbonyl (C=O) groups excluding carboxylic acids is 1. The molecule has 1 aromatic rings. The van der Waals surface area contributed by atoms with Crippen LogP contribution in [0, 0.1) is 6.92 Å². The van der Waals surface area contributed by atoms with Gasteiger partial charge in [-0.15, -0.1) is 0 Å². The van der Waals surface area contributed by atoms with E-state index in [9.17, 15) is 4.79 Å². The van der Waals surface area contributed by atoms with Crippen LogP contribution in [0.25, 0.3) is 0 Å². The van der Waals surface area contributed by atoms with Crippen LogP contribution in [0.1, 0.15) is 36.8 Å². The molecule has 1 rings (SSSR count). The van der Waals surface area contributed by atoms with Gasteiger partial charge in [0.2, 0.25) is 6.41 Å². The molecule has 1 amide bonds. The van der Waals surface area contributed by atoms with Crippen LogP contribution in [-0.4, -0.2) is 27.2 Å². The van der Waals surface area contributed by atoms with Crippen molar-refractivity contribution in [3.63, 3.8) is 0 Å². The summed E-state index contributed by atoms with van der Waals surface area (Å²) in [6, 6.07) is 4.22. The predicted molar refractivity (Wildman–Crippen MR) is 80.5 cm³/mol. The molecule has 0 radical (unpaired) electrons. The minimum Gasteiger partial charge on any atom is -0.493 e. The average Bonchev–Trinajstić information content (AvgIpc) is 2.45. The van der Waals surface area contributed by atoms with Crippen LogP contribution >= 0.6 is 0 Å². The Bertz CT molecular complexity index is 418. The second kappa shape index (κ2) is 9.23. The first kappa shape index (κ1) is 16.3. The summed E-state index contributed by atoms with van der Waals surface area (Å²) in [4.78, 5) is 10.1. The van der Waals surface area contributed by atoms with Crippen LogP contribution in [0.3, 0.4) is 0 Å². The van der Waals surface area contributed by atoms with E-state index in [1.165, 1.54) is 12.0 Å². The largest absolute Gasteiger partial charge is 0.493 e. The Labute approximate surface area is 121 Å². The molecule has 0 aliphatic rings. The van der Waals surface area contributed by atoms with E-state index in [0.29, 0.717) is 0 Å². The number of nitrogens with one attached hydrogen (secondary N) is 1. The molecule has 0 unspecified atom stereocenters. The van der Waals surface area contributed by atoms with Gasteiger partial charge in [0, 0.05) is 6.54 Å². The maximum absolute atomic E-state index is 10.1. The highest BCUT2D eigenvalue weighted by Crippen LogP contribution is 2.32. The van der Waals surface area contributed by atoms with Crippen molar-refractivity contribution >= 4 is 6.41 Å². The molecule has 1 aromatic carbocycles. The van der Waals surface area contributed by atoms with Gasteiger partial charge in [0.1, 0.15) is 0 Å². The van der Waals surface area contributed by atoms with Crippen molar-refractivity contribution in [3.8, 4) is 11.5 Å². The monoisotopic (exact) mass is 279 g/mol. The SMILES string of the molecule is COc1cc(CCCCCCNC=O)cc(C)c1OC. The van der Waals surface area contributed by atoms with Gasteiger partial charge in [-0.25, -0.2) is 0 Å². The first-order chi connectivity index (χ1) is 9.72. The Morgan fingerprint density at radius 3 is 2.50 bits per heavy atom. The molecular formula is C16H25NO3. The van der Waals surface area contributed by atoms with E-state index in [-0.39, 0.29) is 0 Å². The smallest absolute Gasteiger partial charge is 0.207 e. The highest BCUT2D eigenvalue weighted by molar-refractivity contribution is 5.49. The van der Waals surface area contributed by atoms with Gasteiger partial charge in [-0.2, -0.15) is 0 Å². The Kier molecular flexibility index (Phi) is 7.55. The second-order valence-electron chi connectivity index (χ2n) is 4.88. The number of ether oxygens (including phenoxy) is 2. The molecule has 4 heteroatoms. The van der Waals surface area contributed by atoms with E-state index in [1.807, 2.05) is 6.92 Å². The fourth-order valence-electron chi connectivity index (χ4n) is 2.34. The molecule has 0 aliphatic carbocycles. The molecule has 20 heavy (non-hydrogen) atoms. The lowest BCUT2D eigenvalue weighted by Gasteiger charge is -2.12. The molecular weight excluding hydrogens is 254 g/mol. The molecule has 112 valence electrons. The molecule has 0 atom stereocenters. The minimum absolute atomic E-state index is 0.756. The van der Waals surface area contributed by atoms with Crippen LogP contribution in [0.2, 0.25) is 0 Å². The van der Waals surface area contributed by atoms with E-state index >= 15 is 0 Å². The van der Waals surface area contributed by atoms with Gasteiger partial charge in [-0.1, -0.05) is 18.9 Å². The van der Waals surface area contributed by atoms with Crippen molar-refractivity contribution in [2.45, 2.75) is 39.0 Å². The average molecular weight is 279 g/mol. The number of amides is 1. The summed E-state index contributed by atoms with van der Waals surface area (Å²) in [7, 11) is 3.33. The van der Waals surface area contributed by atoms with Crippen LogP contribution in [0.4, 0.5) is 0 Å². The second-order valence-corrected chi connectivity index (χ2v) is 4.88. The highest BCUT2D eigenvalue weighted by Gasteiger charge is 2.08. The van der Waals surface area contributed by atoms with E-state index in [1.54, 1.807) is 14.2 Å². The molecule has 0 heterocycles. The van der Waals surface area contributed by atoms with Crippen molar-refractivity contribution in [3.05, 3.63) is 23.3 Å². The molecule has 1 N–H and O–H groups in total. The Morgan fingerprint density at radius 2 is 1.85 bits per heavy atom. The number of hydrogen-bond acceptors (Lipinski definition) is 3. The van der Waals surface area contributed by atoms with Crippen LogP contribution < -0.4 is 14.8 Å². The van der Waals surface area contributed by atoms with E-state index in [0.717, 1.165) is 55.7 Å². The quantitative estimate of drug-likeness (QED) is 0.529. The molecule has 0 aromatic heterocycles. The maximum atomic E-state index is 10.1. The number of rotatable bonds is 10. The third kappa shape index (κ3) is 5.11. The zero-order valence-corrected chi connectivity index (χ0v) is 12.7. The molecule has 0 aliphatic heterocycles. The third-order valence-electron chi connectivity index (χ3n) is 3.34. The van der Waals surface area contributed by atoms with Crippen molar-refractivity contribution < 1.29 is 14.3 Å². The number of benzene rings is 1. The standard InChI is InChI=1S/C16H25NO3/c1-13-10-14(11-15(19-2)16(13)20-3)8-6-4-5-7-9-17-12-18/h10-12H,4-9H2,1-3H3,(H,17,18). The lowest BCUT2D eigenvalue weighted by atomic mass is 10.0. The van der Waals surface area contributed by atoms with Crippen LogP contribution in [-0.2, 0) is 11.2 Å². The fourth-order valence-corrected chi connectivity index (χ4v) is 2.34. The Morgan fingerprint density at radius 1 is 1.10 bits per heavy atom. The number of methoxy groups -OCH3 is 2.